The maximum atomic E-state index is 12.2. The van der Waals surface area contributed by atoms with Crippen LogP contribution in [0.1, 0.15) is 46.0 Å². The van der Waals surface area contributed by atoms with Gasteiger partial charge in [-0.3, -0.25) is 4.68 Å². The van der Waals surface area contributed by atoms with Crippen molar-refractivity contribution >= 4 is 10.0 Å². The van der Waals surface area contributed by atoms with E-state index in [9.17, 15) is 8.42 Å². The Hall–Kier alpha value is -0.920. The van der Waals surface area contributed by atoms with E-state index in [-0.39, 0.29) is 10.9 Å². The Morgan fingerprint density at radius 1 is 1.38 bits per heavy atom. The van der Waals surface area contributed by atoms with Crippen molar-refractivity contribution in [1.82, 2.24) is 19.8 Å². The van der Waals surface area contributed by atoms with Crippen LogP contribution in [0, 0.1) is 0 Å². The molecule has 7 heteroatoms. The monoisotopic (exact) mass is 314 g/mol. The number of aromatic nitrogens is 2. The molecule has 1 aromatic heterocycles. The highest BCUT2D eigenvalue weighted by atomic mass is 32.2. The Kier molecular flexibility index (Phi) is 5.78. The molecule has 1 saturated carbocycles. The summed E-state index contributed by atoms with van der Waals surface area (Å²) in [5.74, 6) is 0. The van der Waals surface area contributed by atoms with Crippen LogP contribution in [0.4, 0.5) is 0 Å². The minimum absolute atomic E-state index is 0.0913. The van der Waals surface area contributed by atoms with Gasteiger partial charge in [-0.25, -0.2) is 13.1 Å². The van der Waals surface area contributed by atoms with Gasteiger partial charge in [0, 0.05) is 24.8 Å². The van der Waals surface area contributed by atoms with E-state index in [0.29, 0.717) is 6.04 Å². The highest BCUT2D eigenvalue weighted by Crippen LogP contribution is 2.20. The fraction of sp³-hybridized carbons (Fsp3) is 0.786. The number of hydrogen-bond acceptors (Lipinski definition) is 4. The molecule has 1 aromatic rings. The first kappa shape index (κ1) is 16.5. The van der Waals surface area contributed by atoms with Gasteiger partial charge in [0.05, 0.1) is 6.20 Å². The van der Waals surface area contributed by atoms with Crippen LogP contribution in [-0.4, -0.2) is 36.8 Å². The predicted octanol–water partition coefficient (Wildman–Crippen LogP) is 1.49. The van der Waals surface area contributed by atoms with E-state index in [0.717, 1.165) is 45.2 Å². The molecule has 6 nitrogen and oxygen atoms in total. The lowest BCUT2D eigenvalue weighted by Gasteiger charge is -2.10. The second kappa shape index (κ2) is 7.38. The predicted molar refractivity (Wildman–Crippen MR) is 82.6 cm³/mol. The number of hydrogen-bond donors (Lipinski definition) is 2. The van der Waals surface area contributed by atoms with Gasteiger partial charge in [-0.15, -0.1) is 0 Å². The molecule has 0 amide bonds. The first-order chi connectivity index (χ1) is 9.97. The van der Waals surface area contributed by atoms with E-state index in [1.54, 1.807) is 10.9 Å². The molecule has 0 saturated heterocycles. The molecule has 1 fully saturated rings. The van der Waals surface area contributed by atoms with Crippen molar-refractivity contribution < 1.29 is 8.42 Å². The first-order valence-corrected chi connectivity index (χ1v) is 9.24. The van der Waals surface area contributed by atoms with Gasteiger partial charge in [0.25, 0.3) is 0 Å². The van der Waals surface area contributed by atoms with Crippen molar-refractivity contribution in [1.29, 1.82) is 0 Å². The minimum atomic E-state index is -3.42. The van der Waals surface area contributed by atoms with Gasteiger partial charge in [-0.1, -0.05) is 26.7 Å². The van der Waals surface area contributed by atoms with Gasteiger partial charge < -0.3 is 5.32 Å². The van der Waals surface area contributed by atoms with Crippen molar-refractivity contribution in [2.45, 2.75) is 69.5 Å². The van der Waals surface area contributed by atoms with Crippen LogP contribution in [0.15, 0.2) is 17.3 Å². The molecule has 120 valence electrons. The smallest absolute Gasteiger partial charge is 0.243 e. The molecule has 0 atom stereocenters. The Bertz CT molecular complexity index is 533. The van der Waals surface area contributed by atoms with Gasteiger partial charge in [0.1, 0.15) is 4.90 Å². The SMILES string of the molecule is CC(C)NCCCn1cc(S(=O)(=O)NC2CCCC2)cn1. The van der Waals surface area contributed by atoms with Crippen molar-refractivity contribution in [3.8, 4) is 0 Å². The quantitative estimate of drug-likeness (QED) is 0.713. The van der Waals surface area contributed by atoms with Gasteiger partial charge in [-0.2, -0.15) is 5.10 Å². The molecule has 0 unspecified atom stereocenters. The Balaban J connectivity index is 1.86. The Morgan fingerprint density at radius 3 is 2.76 bits per heavy atom. The van der Waals surface area contributed by atoms with Gasteiger partial charge in [-0.05, 0) is 25.8 Å². The van der Waals surface area contributed by atoms with Gasteiger partial charge >= 0.3 is 0 Å². The molecule has 1 aliphatic rings. The van der Waals surface area contributed by atoms with E-state index < -0.39 is 10.0 Å². The van der Waals surface area contributed by atoms with Crippen LogP contribution in [0.5, 0.6) is 0 Å². The Morgan fingerprint density at radius 2 is 2.10 bits per heavy atom. The number of rotatable bonds is 8. The summed E-state index contributed by atoms with van der Waals surface area (Å²) in [5.41, 5.74) is 0. The normalized spacial score (nSPS) is 16.9. The highest BCUT2D eigenvalue weighted by molar-refractivity contribution is 7.89. The summed E-state index contributed by atoms with van der Waals surface area (Å²) in [6, 6.07) is 0.558. The average Bonchev–Trinajstić information content (AvgIpc) is 3.05. The fourth-order valence-corrected chi connectivity index (χ4v) is 3.83. The maximum absolute atomic E-state index is 12.2. The van der Waals surface area contributed by atoms with Crippen molar-refractivity contribution in [2.24, 2.45) is 0 Å². The molecule has 1 heterocycles. The van der Waals surface area contributed by atoms with E-state index in [4.69, 9.17) is 0 Å². The highest BCUT2D eigenvalue weighted by Gasteiger charge is 2.23. The lowest BCUT2D eigenvalue weighted by molar-refractivity contribution is 0.513. The number of nitrogens with zero attached hydrogens (tertiary/aromatic N) is 2. The standard InChI is InChI=1S/C14H26N4O2S/c1-12(2)15-8-5-9-18-11-14(10-16-18)21(19,20)17-13-6-3-4-7-13/h10-13,15,17H,3-9H2,1-2H3. The molecule has 0 spiro atoms. The zero-order chi connectivity index (χ0) is 15.3. The molecule has 0 bridgehead atoms. The molecule has 1 aliphatic carbocycles. The molecular weight excluding hydrogens is 288 g/mol. The van der Waals surface area contributed by atoms with E-state index >= 15 is 0 Å². The summed E-state index contributed by atoms with van der Waals surface area (Å²) < 4.78 is 29.0. The molecule has 0 aliphatic heterocycles. The topological polar surface area (TPSA) is 76.0 Å². The third-order valence-corrected chi connectivity index (χ3v) is 5.19. The zero-order valence-corrected chi connectivity index (χ0v) is 13.7. The second-order valence-electron chi connectivity index (χ2n) is 6.00. The van der Waals surface area contributed by atoms with Gasteiger partial charge in [0.2, 0.25) is 10.0 Å². The van der Waals surface area contributed by atoms with E-state index in [1.165, 1.54) is 6.20 Å². The number of nitrogens with one attached hydrogen (secondary N) is 2. The van der Waals surface area contributed by atoms with Crippen LogP contribution in [-0.2, 0) is 16.6 Å². The lowest BCUT2D eigenvalue weighted by atomic mass is 10.3. The van der Waals surface area contributed by atoms with E-state index in [1.807, 2.05) is 0 Å². The molecule has 0 radical (unpaired) electrons. The third-order valence-electron chi connectivity index (χ3n) is 3.71. The molecule has 21 heavy (non-hydrogen) atoms. The summed E-state index contributed by atoms with van der Waals surface area (Å²) in [6.07, 6.45) is 8.07. The summed E-state index contributed by atoms with van der Waals surface area (Å²) in [4.78, 5) is 0.270. The summed E-state index contributed by atoms with van der Waals surface area (Å²) >= 11 is 0. The Labute approximate surface area is 127 Å². The van der Waals surface area contributed by atoms with Crippen LogP contribution >= 0.6 is 0 Å². The average molecular weight is 314 g/mol. The van der Waals surface area contributed by atoms with Gasteiger partial charge in [0.15, 0.2) is 0 Å². The largest absolute Gasteiger partial charge is 0.314 e. The second-order valence-corrected chi connectivity index (χ2v) is 7.72. The fourth-order valence-electron chi connectivity index (χ4n) is 2.57. The molecule has 2 rings (SSSR count). The van der Waals surface area contributed by atoms with E-state index in [2.05, 4.69) is 29.0 Å². The van der Waals surface area contributed by atoms with Crippen LogP contribution < -0.4 is 10.0 Å². The summed E-state index contributed by atoms with van der Waals surface area (Å²) in [5, 5.41) is 7.47. The summed E-state index contributed by atoms with van der Waals surface area (Å²) in [7, 11) is -3.42. The summed E-state index contributed by atoms with van der Waals surface area (Å²) in [6.45, 7) is 5.83. The molecular formula is C14H26N4O2S. The third kappa shape index (κ3) is 5.09. The number of sulfonamides is 1. The lowest BCUT2D eigenvalue weighted by Crippen LogP contribution is -2.32. The van der Waals surface area contributed by atoms with Crippen molar-refractivity contribution in [2.75, 3.05) is 6.54 Å². The van der Waals surface area contributed by atoms with Crippen LogP contribution in [0.25, 0.3) is 0 Å². The molecule has 0 aromatic carbocycles. The van der Waals surface area contributed by atoms with Crippen LogP contribution in [0.3, 0.4) is 0 Å². The minimum Gasteiger partial charge on any atom is -0.314 e. The maximum Gasteiger partial charge on any atom is 0.243 e. The van der Waals surface area contributed by atoms with Crippen molar-refractivity contribution in [3.05, 3.63) is 12.4 Å². The number of aryl methyl sites for hydroxylation is 1. The first-order valence-electron chi connectivity index (χ1n) is 7.75. The molecule has 2 N–H and O–H groups in total. The van der Waals surface area contributed by atoms with Crippen LogP contribution in [0.2, 0.25) is 0 Å². The van der Waals surface area contributed by atoms with Crippen molar-refractivity contribution in [3.63, 3.8) is 0 Å². The zero-order valence-electron chi connectivity index (χ0n) is 12.9.